The summed E-state index contributed by atoms with van der Waals surface area (Å²) in [7, 11) is 0. The van der Waals surface area contributed by atoms with Crippen LogP contribution in [0.2, 0.25) is 0 Å². The molecule has 0 spiro atoms. The minimum atomic E-state index is -0.139. The molecule has 0 aliphatic heterocycles. The molecular weight excluding hydrogens is 282 g/mol. The molecule has 0 bridgehead atoms. The quantitative estimate of drug-likeness (QED) is 0.616. The SMILES string of the molecule is O=C(Nc1nncs1)c1cccc2c1-c1ccccc1C2. The molecule has 1 heterocycles. The van der Waals surface area contributed by atoms with E-state index in [0.717, 1.165) is 17.5 Å². The van der Waals surface area contributed by atoms with E-state index < -0.39 is 0 Å². The summed E-state index contributed by atoms with van der Waals surface area (Å²) in [6, 6.07) is 14.1. The van der Waals surface area contributed by atoms with E-state index in [0.29, 0.717) is 10.7 Å². The number of carbonyl (C=O) groups excluding carboxylic acids is 1. The maximum Gasteiger partial charge on any atom is 0.258 e. The van der Waals surface area contributed by atoms with Crippen LogP contribution in [0.25, 0.3) is 11.1 Å². The molecule has 3 aromatic rings. The second-order valence-electron chi connectivity index (χ2n) is 4.87. The lowest BCUT2D eigenvalue weighted by Crippen LogP contribution is -2.13. The van der Waals surface area contributed by atoms with Gasteiger partial charge in [0.2, 0.25) is 5.13 Å². The van der Waals surface area contributed by atoms with Crippen molar-refractivity contribution in [1.82, 2.24) is 10.2 Å². The topological polar surface area (TPSA) is 54.9 Å². The molecule has 0 fully saturated rings. The summed E-state index contributed by atoms with van der Waals surface area (Å²) in [5, 5.41) is 10.9. The van der Waals surface area contributed by atoms with Gasteiger partial charge in [-0.3, -0.25) is 10.1 Å². The van der Waals surface area contributed by atoms with Crippen molar-refractivity contribution in [1.29, 1.82) is 0 Å². The van der Waals surface area contributed by atoms with Crippen molar-refractivity contribution in [2.24, 2.45) is 0 Å². The van der Waals surface area contributed by atoms with Crippen molar-refractivity contribution in [3.05, 3.63) is 64.7 Å². The molecule has 0 radical (unpaired) electrons. The maximum atomic E-state index is 12.5. The normalized spacial score (nSPS) is 11.8. The number of benzene rings is 2. The highest BCUT2D eigenvalue weighted by atomic mass is 32.1. The second kappa shape index (κ2) is 4.79. The van der Waals surface area contributed by atoms with Crippen molar-refractivity contribution in [2.75, 3.05) is 5.32 Å². The molecule has 0 unspecified atom stereocenters. The molecule has 0 saturated heterocycles. The number of fused-ring (bicyclic) bond motifs is 3. The van der Waals surface area contributed by atoms with Gasteiger partial charge in [-0.25, -0.2) is 0 Å². The summed E-state index contributed by atoms with van der Waals surface area (Å²) >= 11 is 1.31. The van der Waals surface area contributed by atoms with Crippen LogP contribution in [0.15, 0.2) is 48.0 Å². The fourth-order valence-corrected chi connectivity index (χ4v) is 3.21. The Bertz CT molecular complexity index is 827. The lowest BCUT2D eigenvalue weighted by molar-refractivity contribution is 0.102. The van der Waals surface area contributed by atoms with Crippen molar-refractivity contribution in [3.63, 3.8) is 0 Å². The molecule has 1 aliphatic rings. The van der Waals surface area contributed by atoms with Crippen LogP contribution in [0.3, 0.4) is 0 Å². The monoisotopic (exact) mass is 293 g/mol. The Kier molecular flexibility index (Phi) is 2.79. The largest absolute Gasteiger partial charge is 0.296 e. The van der Waals surface area contributed by atoms with Gasteiger partial charge in [0.1, 0.15) is 5.51 Å². The lowest BCUT2D eigenvalue weighted by Gasteiger charge is -2.08. The molecule has 21 heavy (non-hydrogen) atoms. The Balaban J connectivity index is 1.79. The number of aromatic nitrogens is 2. The van der Waals surface area contributed by atoms with Crippen molar-refractivity contribution >= 4 is 22.4 Å². The molecule has 0 saturated carbocycles. The first-order valence-electron chi connectivity index (χ1n) is 6.60. The van der Waals surface area contributed by atoms with Crippen LogP contribution >= 0.6 is 11.3 Å². The van der Waals surface area contributed by atoms with Crippen LogP contribution in [0.1, 0.15) is 21.5 Å². The maximum absolute atomic E-state index is 12.5. The fourth-order valence-electron chi connectivity index (χ4n) is 2.77. The van der Waals surface area contributed by atoms with E-state index in [1.165, 1.54) is 22.5 Å². The predicted molar refractivity (Wildman–Crippen MR) is 82.5 cm³/mol. The summed E-state index contributed by atoms with van der Waals surface area (Å²) in [6.45, 7) is 0. The third-order valence-electron chi connectivity index (χ3n) is 3.64. The number of rotatable bonds is 2. The molecule has 2 aromatic carbocycles. The minimum Gasteiger partial charge on any atom is -0.296 e. The first-order chi connectivity index (χ1) is 10.3. The molecule has 102 valence electrons. The lowest BCUT2D eigenvalue weighted by atomic mass is 9.99. The van der Waals surface area contributed by atoms with Gasteiger partial charge in [-0.2, -0.15) is 0 Å². The zero-order valence-corrected chi connectivity index (χ0v) is 11.9. The van der Waals surface area contributed by atoms with E-state index in [1.54, 1.807) is 5.51 Å². The van der Waals surface area contributed by atoms with Crippen molar-refractivity contribution in [3.8, 4) is 11.1 Å². The molecule has 1 N–H and O–H groups in total. The van der Waals surface area contributed by atoms with Gasteiger partial charge in [0, 0.05) is 5.56 Å². The number of amides is 1. The Morgan fingerprint density at radius 3 is 2.81 bits per heavy atom. The Hall–Kier alpha value is -2.53. The van der Waals surface area contributed by atoms with Crippen molar-refractivity contribution < 1.29 is 4.79 Å². The van der Waals surface area contributed by atoms with Crippen LogP contribution < -0.4 is 5.32 Å². The van der Waals surface area contributed by atoms with E-state index in [1.807, 2.05) is 24.3 Å². The van der Waals surface area contributed by atoms with Gasteiger partial charge >= 0.3 is 0 Å². The molecule has 4 rings (SSSR count). The Morgan fingerprint density at radius 1 is 1.10 bits per heavy atom. The third-order valence-corrected chi connectivity index (χ3v) is 4.25. The molecule has 0 atom stereocenters. The van der Waals surface area contributed by atoms with Gasteiger partial charge in [-0.1, -0.05) is 47.7 Å². The molecule has 1 amide bonds. The number of nitrogens with one attached hydrogen (secondary N) is 1. The van der Waals surface area contributed by atoms with Crippen LogP contribution in [0.4, 0.5) is 5.13 Å². The summed E-state index contributed by atoms with van der Waals surface area (Å²) in [5.41, 5.74) is 6.93. The average molecular weight is 293 g/mol. The Morgan fingerprint density at radius 2 is 1.95 bits per heavy atom. The number of hydrogen-bond acceptors (Lipinski definition) is 4. The van der Waals surface area contributed by atoms with Gasteiger partial charge < -0.3 is 0 Å². The standard InChI is InChI=1S/C16H11N3OS/c20-15(18-16-19-17-9-21-16)13-7-3-5-11-8-10-4-1-2-6-12(10)14(11)13/h1-7,9H,8H2,(H,18,19,20). The van der Waals surface area contributed by atoms with Gasteiger partial charge in [0.25, 0.3) is 5.91 Å². The summed E-state index contributed by atoms with van der Waals surface area (Å²) in [6.07, 6.45) is 0.880. The van der Waals surface area contributed by atoms with E-state index in [4.69, 9.17) is 0 Å². The van der Waals surface area contributed by atoms with E-state index in [9.17, 15) is 4.79 Å². The first kappa shape index (κ1) is 12.2. The number of nitrogens with zero attached hydrogens (tertiary/aromatic N) is 2. The van der Waals surface area contributed by atoms with E-state index in [2.05, 4.69) is 33.7 Å². The molecule has 5 heteroatoms. The Labute approximate surface area is 125 Å². The zero-order valence-electron chi connectivity index (χ0n) is 11.0. The highest BCUT2D eigenvalue weighted by Crippen LogP contribution is 2.38. The van der Waals surface area contributed by atoms with Crippen LogP contribution in [-0.4, -0.2) is 16.1 Å². The average Bonchev–Trinajstić information content (AvgIpc) is 3.13. The van der Waals surface area contributed by atoms with Gasteiger partial charge in [0.15, 0.2) is 0 Å². The zero-order chi connectivity index (χ0) is 14.2. The third kappa shape index (κ3) is 2.02. The van der Waals surface area contributed by atoms with Gasteiger partial charge in [0.05, 0.1) is 0 Å². The van der Waals surface area contributed by atoms with Gasteiger partial charge in [-0.05, 0) is 34.7 Å². The highest BCUT2D eigenvalue weighted by molar-refractivity contribution is 7.13. The van der Waals surface area contributed by atoms with Crippen LogP contribution in [0, 0.1) is 0 Å². The highest BCUT2D eigenvalue weighted by Gasteiger charge is 2.23. The van der Waals surface area contributed by atoms with Crippen LogP contribution in [-0.2, 0) is 6.42 Å². The smallest absolute Gasteiger partial charge is 0.258 e. The summed E-state index contributed by atoms with van der Waals surface area (Å²) < 4.78 is 0. The van der Waals surface area contributed by atoms with Gasteiger partial charge in [-0.15, -0.1) is 10.2 Å². The van der Waals surface area contributed by atoms with E-state index in [-0.39, 0.29) is 5.91 Å². The predicted octanol–water partition coefficient (Wildman–Crippen LogP) is 3.36. The number of carbonyl (C=O) groups is 1. The molecule has 1 aromatic heterocycles. The van der Waals surface area contributed by atoms with Crippen LogP contribution in [0.5, 0.6) is 0 Å². The van der Waals surface area contributed by atoms with E-state index >= 15 is 0 Å². The second-order valence-corrected chi connectivity index (χ2v) is 5.70. The van der Waals surface area contributed by atoms with Crippen molar-refractivity contribution in [2.45, 2.75) is 6.42 Å². The molecular formula is C16H11N3OS. The number of anilines is 1. The summed E-state index contributed by atoms with van der Waals surface area (Å²) in [5.74, 6) is -0.139. The summed E-state index contributed by atoms with van der Waals surface area (Å²) in [4.78, 5) is 12.5. The fraction of sp³-hybridized carbons (Fsp3) is 0.0625. The molecule has 1 aliphatic carbocycles. The first-order valence-corrected chi connectivity index (χ1v) is 7.48. The minimum absolute atomic E-state index is 0.139. The number of hydrogen-bond donors (Lipinski definition) is 1. The molecule has 4 nitrogen and oxygen atoms in total.